The average molecular weight is 480 g/mol. The molecule has 1 aliphatic heterocycles. The zero-order valence-corrected chi connectivity index (χ0v) is 18.7. The van der Waals surface area contributed by atoms with E-state index in [0.29, 0.717) is 23.0 Å². The second-order valence-corrected chi connectivity index (χ2v) is 8.02. The van der Waals surface area contributed by atoms with Gasteiger partial charge in [-0.1, -0.05) is 6.07 Å². The van der Waals surface area contributed by atoms with Crippen LogP contribution in [0.15, 0.2) is 54.9 Å². The van der Waals surface area contributed by atoms with Crippen molar-refractivity contribution in [3.63, 3.8) is 0 Å². The third-order valence-electron chi connectivity index (χ3n) is 5.43. The van der Waals surface area contributed by atoms with Crippen LogP contribution in [-0.4, -0.2) is 62.1 Å². The zero-order chi connectivity index (χ0) is 25.0. The Balaban J connectivity index is 1.51. The topological polar surface area (TPSA) is 124 Å². The number of halogens is 2. The monoisotopic (exact) mass is 480 g/mol. The number of nitrogens with zero attached hydrogens (tertiary/aromatic N) is 5. The lowest BCUT2D eigenvalue weighted by molar-refractivity contribution is -0.165. The van der Waals surface area contributed by atoms with Crippen molar-refractivity contribution < 1.29 is 23.4 Å². The molecule has 0 aliphatic carbocycles. The zero-order valence-electron chi connectivity index (χ0n) is 18.7. The molecule has 3 heterocycles. The van der Waals surface area contributed by atoms with Gasteiger partial charge in [0.05, 0.1) is 17.8 Å². The normalized spacial score (nSPS) is 17.8. The Labute approximate surface area is 200 Å². The number of hydrogen-bond acceptors (Lipinski definition) is 8. The highest BCUT2D eigenvalue weighted by Gasteiger charge is 2.48. The van der Waals surface area contributed by atoms with Crippen LogP contribution in [0, 0.1) is 11.3 Å². The molecule has 1 fully saturated rings. The number of carbonyl (C=O) groups is 1. The first-order chi connectivity index (χ1) is 16.8. The first-order valence-electron chi connectivity index (χ1n) is 10.8. The van der Waals surface area contributed by atoms with Crippen molar-refractivity contribution in [1.29, 1.82) is 5.26 Å². The molecule has 2 N–H and O–H groups in total. The van der Waals surface area contributed by atoms with Crippen molar-refractivity contribution in [2.24, 2.45) is 0 Å². The predicted molar refractivity (Wildman–Crippen MR) is 122 cm³/mol. The van der Waals surface area contributed by atoms with Gasteiger partial charge in [-0.25, -0.2) is 23.7 Å². The maximum absolute atomic E-state index is 14.7. The minimum absolute atomic E-state index is 0.0109. The predicted octanol–water partition coefficient (Wildman–Crippen LogP) is 3.15. The fourth-order valence-electron chi connectivity index (χ4n) is 3.68. The van der Waals surface area contributed by atoms with Crippen molar-refractivity contribution >= 4 is 17.7 Å². The summed E-state index contributed by atoms with van der Waals surface area (Å²) in [6.07, 6.45) is 0.149. The summed E-state index contributed by atoms with van der Waals surface area (Å²) in [6, 6.07) is 13.6. The van der Waals surface area contributed by atoms with Crippen molar-refractivity contribution in [2.45, 2.75) is 31.5 Å². The smallest absolute Gasteiger partial charge is 0.301 e. The molecule has 1 aliphatic rings. The fraction of sp³-hybridized carbons (Fsp3) is 0.292. The van der Waals surface area contributed by atoms with Gasteiger partial charge in [-0.2, -0.15) is 5.26 Å². The number of aliphatic hydroxyl groups excluding tert-OH is 1. The molecule has 1 amide bonds. The van der Waals surface area contributed by atoms with E-state index in [1.165, 1.54) is 19.1 Å². The number of anilines is 2. The molecular weight excluding hydrogens is 458 g/mol. The van der Waals surface area contributed by atoms with Gasteiger partial charge < -0.3 is 20.1 Å². The number of nitrogens with one attached hydrogen (secondary N) is 1. The maximum atomic E-state index is 14.7. The van der Waals surface area contributed by atoms with Crippen LogP contribution in [0.4, 0.5) is 20.5 Å². The van der Waals surface area contributed by atoms with Crippen LogP contribution in [-0.2, 0) is 4.79 Å². The molecule has 180 valence electrons. The molecule has 1 unspecified atom stereocenters. The average Bonchev–Trinajstić information content (AvgIpc) is 2.85. The van der Waals surface area contributed by atoms with Gasteiger partial charge in [0, 0.05) is 30.9 Å². The summed E-state index contributed by atoms with van der Waals surface area (Å²) in [5, 5.41) is 22.0. The lowest BCUT2D eigenvalue weighted by atomic mass is 10.0. The number of carbonyl (C=O) groups excluding carboxylic acids is 1. The Hall–Kier alpha value is -4.17. The Bertz CT molecular complexity index is 1250. The van der Waals surface area contributed by atoms with E-state index in [2.05, 4.69) is 20.3 Å². The van der Waals surface area contributed by atoms with Crippen LogP contribution in [0.3, 0.4) is 0 Å². The summed E-state index contributed by atoms with van der Waals surface area (Å²) in [7, 11) is 0. The number of likely N-dealkylation sites (tertiary alicyclic amines) is 1. The summed E-state index contributed by atoms with van der Waals surface area (Å²) in [5.41, 5.74) is 1.15. The number of aromatic nitrogens is 3. The number of alkyl halides is 2. The number of pyridine rings is 1. The minimum Gasteiger partial charge on any atom is -0.483 e. The molecule has 0 spiro atoms. The number of ether oxygens (including phenoxy) is 1. The molecule has 1 aromatic carbocycles. The van der Waals surface area contributed by atoms with E-state index in [9.17, 15) is 23.9 Å². The first kappa shape index (κ1) is 24.0. The standard InChI is InChI=1S/C24H22F2N6O3/c1-15(33)22(34)32-11-8-20(24(25,26)14-32)35-19-6-5-16(12-17(19)13-27)18-7-10-29-23(30-18)31-21-4-2-3-9-28-21/h2-7,9-10,12,15,20,33H,8,11,14H2,1H3,(H,28,29,30,31)/t15-,20?/m1/s1. The Morgan fingerprint density at radius 1 is 1.29 bits per heavy atom. The van der Waals surface area contributed by atoms with Crippen molar-refractivity contribution in [1.82, 2.24) is 19.9 Å². The van der Waals surface area contributed by atoms with Crippen LogP contribution < -0.4 is 10.1 Å². The van der Waals surface area contributed by atoms with Gasteiger partial charge in [-0.3, -0.25) is 4.79 Å². The summed E-state index contributed by atoms with van der Waals surface area (Å²) in [4.78, 5) is 25.6. The molecule has 35 heavy (non-hydrogen) atoms. The first-order valence-corrected chi connectivity index (χ1v) is 10.8. The molecule has 0 saturated carbocycles. The SMILES string of the molecule is C[C@@H](O)C(=O)N1CCC(Oc2ccc(-c3ccnc(Nc4ccccn4)n3)cc2C#N)C(F)(F)C1. The summed E-state index contributed by atoms with van der Waals surface area (Å²) in [6.45, 7) is 0.379. The summed E-state index contributed by atoms with van der Waals surface area (Å²) < 4.78 is 35.0. The van der Waals surface area contributed by atoms with E-state index in [4.69, 9.17) is 4.74 Å². The Kier molecular flexibility index (Phi) is 6.84. The van der Waals surface area contributed by atoms with E-state index >= 15 is 0 Å². The minimum atomic E-state index is -3.35. The lowest BCUT2D eigenvalue weighted by Gasteiger charge is -2.38. The van der Waals surface area contributed by atoms with Crippen LogP contribution in [0.25, 0.3) is 11.3 Å². The molecule has 1 saturated heterocycles. The molecule has 0 radical (unpaired) electrons. The molecule has 4 rings (SSSR count). The second-order valence-electron chi connectivity index (χ2n) is 8.02. The van der Waals surface area contributed by atoms with Gasteiger partial charge in [-0.15, -0.1) is 0 Å². The fourth-order valence-corrected chi connectivity index (χ4v) is 3.68. The van der Waals surface area contributed by atoms with E-state index in [1.807, 2.05) is 12.1 Å². The molecule has 3 aromatic rings. The Morgan fingerprint density at radius 3 is 2.80 bits per heavy atom. The van der Waals surface area contributed by atoms with Gasteiger partial charge >= 0.3 is 5.92 Å². The third-order valence-corrected chi connectivity index (χ3v) is 5.43. The lowest BCUT2D eigenvalue weighted by Crippen LogP contribution is -2.56. The van der Waals surface area contributed by atoms with Crippen LogP contribution in [0.1, 0.15) is 18.9 Å². The van der Waals surface area contributed by atoms with Crippen molar-refractivity contribution in [2.75, 3.05) is 18.4 Å². The van der Waals surface area contributed by atoms with Gasteiger partial charge in [0.1, 0.15) is 23.7 Å². The highest BCUT2D eigenvalue weighted by atomic mass is 19.3. The Morgan fingerprint density at radius 2 is 2.11 bits per heavy atom. The van der Waals surface area contributed by atoms with Crippen LogP contribution in [0.2, 0.25) is 0 Å². The van der Waals surface area contributed by atoms with Gasteiger partial charge in [0.2, 0.25) is 5.95 Å². The molecular formula is C24H22F2N6O3. The van der Waals surface area contributed by atoms with E-state index < -0.39 is 30.6 Å². The van der Waals surface area contributed by atoms with E-state index in [-0.39, 0.29) is 24.3 Å². The number of piperidine rings is 1. The number of aliphatic hydroxyl groups is 1. The molecule has 2 atom stereocenters. The van der Waals surface area contributed by atoms with E-state index in [0.717, 1.165) is 4.90 Å². The second kappa shape index (κ2) is 9.99. The van der Waals surface area contributed by atoms with E-state index in [1.54, 1.807) is 36.7 Å². The highest BCUT2D eigenvalue weighted by molar-refractivity contribution is 5.80. The number of amides is 1. The van der Waals surface area contributed by atoms with Crippen molar-refractivity contribution in [3.05, 3.63) is 60.4 Å². The number of benzene rings is 1. The molecule has 2 aromatic heterocycles. The molecule has 0 bridgehead atoms. The van der Waals surface area contributed by atoms with Gasteiger partial charge in [0.15, 0.2) is 6.10 Å². The summed E-state index contributed by atoms with van der Waals surface area (Å²) >= 11 is 0. The highest BCUT2D eigenvalue weighted by Crippen LogP contribution is 2.34. The van der Waals surface area contributed by atoms with Crippen LogP contribution in [0.5, 0.6) is 5.75 Å². The van der Waals surface area contributed by atoms with Gasteiger partial charge in [0.25, 0.3) is 5.91 Å². The third kappa shape index (κ3) is 5.50. The quantitative estimate of drug-likeness (QED) is 0.551. The maximum Gasteiger partial charge on any atom is 0.301 e. The van der Waals surface area contributed by atoms with Crippen molar-refractivity contribution in [3.8, 4) is 23.1 Å². The van der Waals surface area contributed by atoms with Gasteiger partial charge in [-0.05, 0) is 43.3 Å². The number of nitriles is 1. The summed E-state index contributed by atoms with van der Waals surface area (Å²) in [5.74, 6) is -3.23. The number of hydrogen-bond donors (Lipinski definition) is 2. The number of rotatable bonds is 6. The molecule has 9 nitrogen and oxygen atoms in total. The molecule has 11 heteroatoms. The largest absolute Gasteiger partial charge is 0.483 e. The van der Waals surface area contributed by atoms with Crippen LogP contribution >= 0.6 is 0 Å².